The lowest BCUT2D eigenvalue weighted by molar-refractivity contribution is -0.141. The van der Waals surface area contributed by atoms with E-state index < -0.39 is 0 Å². The van der Waals surface area contributed by atoms with E-state index in [2.05, 4.69) is 20.5 Å². The molecule has 0 aromatic heterocycles. The highest BCUT2D eigenvalue weighted by molar-refractivity contribution is 5.65. The Morgan fingerprint density at radius 2 is 1.10 bits per heavy atom. The van der Waals surface area contributed by atoms with Crippen LogP contribution >= 0.6 is 0 Å². The minimum Gasteiger partial charge on any atom is -0.494 e. The van der Waals surface area contributed by atoms with Gasteiger partial charge in [0.1, 0.15) is 5.75 Å². The molecular weight excluding hydrogens is 392 g/mol. The fourth-order valence-electron chi connectivity index (χ4n) is 2.53. The van der Waals surface area contributed by atoms with Gasteiger partial charge >= 0.3 is 5.97 Å². The second kappa shape index (κ2) is 12.0. The maximum atomic E-state index is 10.7. The zero-order valence-electron chi connectivity index (χ0n) is 17.3. The van der Waals surface area contributed by atoms with E-state index in [-0.39, 0.29) is 5.97 Å². The van der Waals surface area contributed by atoms with Crippen molar-refractivity contribution in [3.05, 3.63) is 78.9 Å². The van der Waals surface area contributed by atoms with Crippen LogP contribution in [0.25, 0.3) is 0 Å². The Labute approximate surface area is 181 Å². The smallest absolute Gasteiger partial charge is 0.302 e. The normalized spacial score (nSPS) is 11.1. The Morgan fingerprint density at radius 1 is 0.645 bits per heavy atom. The van der Waals surface area contributed by atoms with Crippen molar-refractivity contribution in [2.75, 3.05) is 13.2 Å². The molecule has 3 rings (SSSR count). The first-order valence-corrected chi connectivity index (χ1v) is 10.0. The highest BCUT2D eigenvalue weighted by Crippen LogP contribution is 2.24. The van der Waals surface area contributed by atoms with Gasteiger partial charge in [-0.15, -0.1) is 0 Å². The van der Waals surface area contributed by atoms with Crippen molar-refractivity contribution < 1.29 is 14.3 Å². The molecule has 0 radical (unpaired) electrons. The molecule has 3 aromatic rings. The monoisotopic (exact) mass is 416 g/mol. The van der Waals surface area contributed by atoms with Crippen molar-refractivity contribution in [1.82, 2.24) is 0 Å². The van der Waals surface area contributed by atoms with E-state index in [9.17, 15) is 4.79 Å². The second-order valence-electron chi connectivity index (χ2n) is 6.64. The Bertz CT molecular complexity index is 1000. The van der Waals surface area contributed by atoms with Gasteiger partial charge in [-0.05, 0) is 73.5 Å². The maximum absolute atomic E-state index is 10.7. The molecule has 0 N–H and O–H groups in total. The molecule has 31 heavy (non-hydrogen) atoms. The number of azo groups is 2. The van der Waals surface area contributed by atoms with Crippen LogP contribution in [-0.2, 0) is 9.53 Å². The summed E-state index contributed by atoms with van der Waals surface area (Å²) in [6, 6.07) is 24.4. The van der Waals surface area contributed by atoms with Crippen LogP contribution in [0, 0.1) is 0 Å². The van der Waals surface area contributed by atoms with Crippen molar-refractivity contribution in [3.63, 3.8) is 0 Å². The number of unbranched alkanes of at least 4 members (excludes halogenated alkanes) is 1. The van der Waals surface area contributed by atoms with E-state index in [1.165, 1.54) is 6.92 Å². The van der Waals surface area contributed by atoms with Gasteiger partial charge in [-0.3, -0.25) is 4.79 Å². The second-order valence-corrected chi connectivity index (χ2v) is 6.64. The maximum Gasteiger partial charge on any atom is 0.302 e. The summed E-state index contributed by atoms with van der Waals surface area (Å²) in [6.45, 7) is 2.40. The standard InChI is InChI=1S/C24H24N4O3/c1-19(29)30-17-5-6-18-31-24-15-13-23(14-16-24)28-27-22-11-9-21(10-12-22)26-25-20-7-3-2-4-8-20/h2-4,7-16H,5-6,17-18H2,1H3. The van der Waals surface area contributed by atoms with Crippen molar-refractivity contribution >= 4 is 28.7 Å². The van der Waals surface area contributed by atoms with Gasteiger partial charge in [-0.2, -0.15) is 20.5 Å². The van der Waals surface area contributed by atoms with Crippen LogP contribution in [0.2, 0.25) is 0 Å². The minimum atomic E-state index is -0.254. The lowest BCUT2D eigenvalue weighted by Gasteiger charge is -2.06. The van der Waals surface area contributed by atoms with Crippen LogP contribution in [-0.4, -0.2) is 19.2 Å². The molecule has 0 saturated heterocycles. The largest absolute Gasteiger partial charge is 0.494 e. The van der Waals surface area contributed by atoms with Gasteiger partial charge in [0, 0.05) is 6.92 Å². The molecule has 0 aliphatic carbocycles. The summed E-state index contributed by atoms with van der Waals surface area (Å²) in [5, 5.41) is 16.9. The summed E-state index contributed by atoms with van der Waals surface area (Å²) >= 11 is 0. The number of hydrogen-bond donors (Lipinski definition) is 0. The third-order valence-corrected chi connectivity index (χ3v) is 4.12. The number of carbonyl (C=O) groups is 1. The SMILES string of the molecule is CC(=O)OCCCCOc1ccc(N=Nc2ccc(N=Nc3ccccc3)cc2)cc1. The summed E-state index contributed by atoms with van der Waals surface area (Å²) < 4.78 is 10.5. The lowest BCUT2D eigenvalue weighted by Crippen LogP contribution is -2.03. The van der Waals surface area contributed by atoms with Crippen LogP contribution in [0.1, 0.15) is 19.8 Å². The van der Waals surface area contributed by atoms with Crippen LogP contribution in [0.4, 0.5) is 22.7 Å². The zero-order chi connectivity index (χ0) is 21.7. The van der Waals surface area contributed by atoms with Gasteiger partial charge in [0.2, 0.25) is 0 Å². The number of benzene rings is 3. The molecule has 0 amide bonds. The van der Waals surface area contributed by atoms with Crippen molar-refractivity contribution in [3.8, 4) is 5.75 Å². The summed E-state index contributed by atoms with van der Waals surface area (Å²) in [7, 11) is 0. The number of hydrogen-bond acceptors (Lipinski definition) is 7. The molecule has 0 aliphatic heterocycles. The van der Waals surface area contributed by atoms with E-state index in [1.54, 1.807) is 0 Å². The fourth-order valence-corrected chi connectivity index (χ4v) is 2.53. The summed E-state index contributed by atoms with van der Waals surface area (Å²) in [6.07, 6.45) is 1.59. The van der Waals surface area contributed by atoms with Gasteiger partial charge in [0.05, 0.1) is 36.0 Å². The average Bonchev–Trinajstić information content (AvgIpc) is 2.80. The van der Waals surface area contributed by atoms with E-state index in [0.717, 1.165) is 41.3 Å². The van der Waals surface area contributed by atoms with Crippen LogP contribution in [0.3, 0.4) is 0 Å². The van der Waals surface area contributed by atoms with Crippen molar-refractivity contribution in [2.24, 2.45) is 20.5 Å². The number of nitrogens with zero attached hydrogens (tertiary/aromatic N) is 4. The third kappa shape index (κ3) is 8.18. The van der Waals surface area contributed by atoms with Gasteiger partial charge in [0.25, 0.3) is 0 Å². The van der Waals surface area contributed by atoms with Crippen LogP contribution in [0.15, 0.2) is 99.3 Å². The predicted molar refractivity (Wildman–Crippen MR) is 119 cm³/mol. The number of rotatable bonds is 10. The number of carbonyl (C=O) groups excluding carboxylic acids is 1. The predicted octanol–water partition coefficient (Wildman–Crippen LogP) is 7.24. The zero-order valence-corrected chi connectivity index (χ0v) is 17.3. The van der Waals surface area contributed by atoms with Gasteiger partial charge in [-0.25, -0.2) is 0 Å². The lowest BCUT2D eigenvalue weighted by atomic mass is 10.3. The van der Waals surface area contributed by atoms with Gasteiger partial charge in [-0.1, -0.05) is 18.2 Å². The van der Waals surface area contributed by atoms with E-state index in [4.69, 9.17) is 9.47 Å². The molecule has 7 nitrogen and oxygen atoms in total. The molecule has 0 heterocycles. The van der Waals surface area contributed by atoms with Gasteiger partial charge in [0.15, 0.2) is 0 Å². The molecule has 0 saturated carbocycles. The van der Waals surface area contributed by atoms with Crippen molar-refractivity contribution in [1.29, 1.82) is 0 Å². The van der Waals surface area contributed by atoms with Crippen LogP contribution < -0.4 is 4.74 Å². The van der Waals surface area contributed by atoms with Crippen molar-refractivity contribution in [2.45, 2.75) is 19.8 Å². The molecule has 0 bridgehead atoms. The summed E-state index contributed by atoms with van der Waals surface area (Å²) in [5.74, 6) is 0.509. The molecule has 0 spiro atoms. The van der Waals surface area contributed by atoms with Crippen LogP contribution in [0.5, 0.6) is 5.75 Å². The fraction of sp³-hybridized carbons (Fsp3) is 0.208. The third-order valence-electron chi connectivity index (χ3n) is 4.12. The Balaban J connectivity index is 1.44. The Kier molecular flexibility index (Phi) is 8.43. The summed E-state index contributed by atoms with van der Waals surface area (Å²) in [4.78, 5) is 10.7. The van der Waals surface area contributed by atoms with E-state index in [1.807, 2.05) is 78.9 Å². The molecule has 3 aromatic carbocycles. The topological polar surface area (TPSA) is 85.0 Å². The average molecular weight is 416 g/mol. The highest BCUT2D eigenvalue weighted by atomic mass is 16.5. The minimum absolute atomic E-state index is 0.254. The van der Waals surface area contributed by atoms with Gasteiger partial charge < -0.3 is 9.47 Å². The number of ether oxygens (including phenoxy) is 2. The molecule has 0 atom stereocenters. The highest BCUT2D eigenvalue weighted by Gasteiger charge is 1.98. The summed E-state index contributed by atoms with van der Waals surface area (Å²) in [5.41, 5.74) is 3.01. The molecular formula is C24H24N4O3. The quantitative estimate of drug-likeness (QED) is 0.198. The molecule has 158 valence electrons. The molecule has 7 heteroatoms. The first-order valence-electron chi connectivity index (χ1n) is 10.0. The molecule has 0 unspecified atom stereocenters. The van der Waals surface area contributed by atoms with E-state index >= 15 is 0 Å². The Morgan fingerprint density at radius 3 is 1.61 bits per heavy atom. The first kappa shape index (κ1) is 21.8. The molecule has 0 fully saturated rings. The molecule has 0 aliphatic rings. The number of esters is 1. The first-order chi connectivity index (χ1) is 15.2. The van der Waals surface area contributed by atoms with E-state index in [0.29, 0.717) is 13.2 Å². The Hall–Kier alpha value is -3.87.